The van der Waals surface area contributed by atoms with Crippen LogP contribution in [0, 0.1) is 0 Å². The van der Waals surface area contributed by atoms with Gasteiger partial charge in [0.05, 0.1) is 16.6 Å². The van der Waals surface area contributed by atoms with Gasteiger partial charge in [-0.1, -0.05) is 35.9 Å². The Kier molecular flexibility index (Phi) is 4.93. The largest absolute Gasteiger partial charge is 0.416 e. The Labute approximate surface area is 133 Å². The van der Waals surface area contributed by atoms with Crippen LogP contribution in [0.15, 0.2) is 46.9 Å². The number of hydrazine groups is 1. The summed E-state index contributed by atoms with van der Waals surface area (Å²) in [6.45, 7) is 0. The number of rotatable bonds is 3. The van der Waals surface area contributed by atoms with Crippen LogP contribution >= 0.6 is 27.5 Å². The molecule has 0 radical (unpaired) electrons. The minimum atomic E-state index is -4.36. The molecule has 0 aliphatic heterocycles. The molecule has 1 atom stereocenters. The fourth-order valence-electron chi connectivity index (χ4n) is 1.97. The lowest BCUT2D eigenvalue weighted by atomic mass is 9.98. The van der Waals surface area contributed by atoms with E-state index in [-0.39, 0.29) is 0 Å². The number of alkyl halides is 3. The van der Waals surface area contributed by atoms with Crippen molar-refractivity contribution >= 4 is 27.5 Å². The van der Waals surface area contributed by atoms with Crippen LogP contribution in [0.1, 0.15) is 22.7 Å². The third-order valence-corrected chi connectivity index (χ3v) is 4.34. The fraction of sp³-hybridized carbons (Fsp3) is 0.143. The van der Waals surface area contributed by atoms with Crippen LogP contribution in [-0.2, 0) is 6.18 Å². The molecule has 0 saturated carbocycles. The van der Waals surface area contributed by atoms with E-state index in [2.05, 4.69) is 21.4 Å². The first-order chi connectivity index (χ1) is 9.84. The Morgan fingerprint density at radius 1 is 1.10 bits per heavy atom. The zero-order valence-corrected chi connectivity index (χ0v) is 12.9. The zero-order chi connectivity index (χ0) is 15.6. The predicted octanol–water partition coefficient (Wildman–Crippen LogP) is 4.67. The van der Waals surface area contributed by atoms with Gasteiger partial charge in [-0.2, -0.15) is 13.2 Å². The van der Waals surface area contributed by atoms with Crippen molar-refractivity contribution in [3.63, 3.8) is 0 Å². The molecule has 0 aliphatic rings. The van der Waals surface area contributed by atoms with Gasteiger partial charge in [0.15, 0.2) is 0 Å². The molecule has 112 valence electrons. The molecule has 0 aromatic heterocycles. The summed E-state index contributed by atoms with van der Waals surface area (Å²) in [4.78, 5) is 0. The van der Waals surface area contributed by atoms with Gasteiger partial charge in [0.25, 0.3) is 0 Å². The van der Waals surface area contributed by atoms with Gasteiger partial charge in [0.2, 0.25) is 0 Å². The van der Waals surface area contributed by atoms with Gasteiger partial charge < -0.3 is 0 Å². The minimum absolute atomic E-state index is 0.459. The van der Waals surface area contributed by atoms with Gasteiger partial charge in [0, 0.05) is 4.47 Å². The summed E-state index contributed by atoms with van der Waals surface area (Å²) in [5.74, 6) is 5.53. The highest BCUT2D eigenvalue weighted by Crippen LogP contribution is 2.34. The summed E-state index contributed by atoms with van der Waals surface area (Å²) in [6, 6.07) is 9.60. The second kappa shape index (κ2) is 6.36. The van der Waals surface area contributed by atoms with E-state index in [0.29, 0.717) is 20.6 Å². The topological polar surface area (TPSA) is 38.0 Å². The number of nitrogens with one attached hydrogen (secondary N) is 1. The Balaban J connectivity index is 2.40. The molecule has 0 spiro atoms. The molecule has 21 heavy (non-hydrogen) atoms. The minimum Gasteiger partial charge on any atom is -0.271 e. The van der Waals surface area contributed by atoms with Crippen molar-refractivity contribution in [3.8, 4) is 0 Å². The lowest BCUT2D eigenvalue weighted by Gasteiger charge is -2.19. The SMILES string of the molecule is NNC(c1ccc(C(F)(F)F)cc1)c1cccc(Br)c1Cl. The van der Waals surface area contributed by atoms with Crippen LogP contribution in [0.25, 0.3) is 0 Å². The molecular weight excluding hydrogens is 369 g/mol. The molecular formula is C14H11BrClF3N2. The molecule has 0 bridgehead atoms. The highest BCUT2D eigenvalue weighted by molar-refractivity contribution is 9.10. The lowest BCUT2D eigenvalue weighted by Crippen LogP contribution is -2.29. The number of benzene rings is 2. The van der Waals surface area contributed by atoms with E-state index in [1.807, 2.05) is 0 Å². The number of halogens is 5. The highest BCUT2D eigenvalue weighted by atomic mass is 79.9. The van der Waals surface area contributed by atoms with Crippen molar-refractivity contribution in [3.05, 3.63) is 68.7 Å². The summed E-state index contributed by atoms with van der Waals surface area (Å²) in [6.07, 6.45) is -4.36. The Bertz CT molecular complexity index is 629. The van der Waals surface area contributed by atoms with Crippen LogP contribution in [0.3, 0.4) is 0 Å². The fourth-order valence-corrected chi connectivity index (χ4v) is 2.59. The third-order valence-electron chi connectivity index (χ3n) is 3.03. The summed E-state index contributed by atoms with van der Waals surface area (Å²) in [5.41, 5.74) is 3.13. The third kappa shape index (κ3) is 3.58. The normalized spacial score (nSPS) is 13.2. The van der Waals surface area contributed by atoms with Crippen LogP contribution in [0.4, 0.5) is 13.2 Å². The van der Waals surface area contributed by atoms with Gasteiger partial charge in [-0.25, -0.2) is 5.43 Å². The van der Waals surface area contributed by atoms with Crippen LogP contribution in [0.5, 0.6) is 0 Å². The van der Waals surface area contributed by atoms with Gasteiger partial charge >= 0.3 is 6.18 Å². The number of nitrogens with two attached hydrogens (primary N) is 1. The van der Waals surface area contributed by atoms with Crippen molar-refractivity contribution in [2.75, 3.05) is 0 Å². The van der Waals surface area contributed by atoms with E-state index in [1.165, 1.54) is 12.1 Å². The first-order valence-corrected chi connectivity index (χ1v) is 7.09. The van der Waals surface area contributed by atoms with Crippen molar-refractivity contribution in [2.24, 2.45) is 5.84 Å². The standard InChI is InChI=1S/C14H11BrClF3N2/c15-11-3-1-2-10(12(11)16)13(21-20)8-4-6-9(7-5-8)14(17,18)19/h1-7,13,21H,20H2. The molecule has 0 aliphatic carbocycles. The average molecular weight is 380 g/mol. The molecule has 1 unspecified atom stereocenters. The van der Waals surface area contributed by atoms with Crippen molar-refractivity contribution in [1.29, 1.82) is 0 Å². The van der Waals surface area contributed by atoms with E-state index in [0.717, 1.165) is 12.1 Å². The summed E-state index contributed by atoms with van der Waals surface area (Å²) in [5, 5.41) is 0.459. The van der Waals surface area contributed by atoms with Gasteiger partial charge in [-0.3, -0.25) is 5.84 Å². The molecule has 0 fully saturated rings. The first-order valence-electron chi connectivity index (χ1n) is 5.91. The zero-order valence-electron chi connectivity index (χ0n) is 10.6. The smallest absolute Gasteiger partial charge is 0.271 e. The van der Waals surface area contributed by atoms with Crippen molar-refractivity contribution in [2.45, 2.75) is 12.2 Å². The Morgan fingerprint density at radius 2 is 1.71 bits per heavy atom. The quantitative estimate of drug-likeness (QED) is 0.600. The van der Waals surface area contributed by atoms with Crippen molar-refractivity contribution in [1.82, 2.24) is 5.43 Å². The molecule has 0 amide bonds. The second-order valence-corrected chi connectivity index (χ2v) is 5.59. The highest BCUT2D eigenvalue weighted by Gasteiger charge is 2.30. The maximum Gasteiger partial charge on any atom is 0.416 e. The molecule has 2 aromatic rings. The number of hydrogen-bond donors (Lipinski definition) is 2. The summed E-state index contributed by atoms with van der Waals surface area (Å²) >= 11 is 9.50. The van der Waals surface area contributed by atoms with Gasteiger partial charge in [-0.05, 0) is 45.3 Å². The molecule has 2 nitrogen and oxygen atoms in total. The summed E-state index contributed by atoms with van der Waals surface area (Å²) < 4.78 is 38.4. The molecule has 2 rings (SSSR count). The first kappa shape index (κ1) is 16.3. The molecule has 3 N–H and O–H groups in total. The van der Waals surface area contributed by atoms with E-state index in [9.17, 15) is 13.2 Å². The number of hydrogen-bond acceptors (Lipinski definition) is 2. The predicted molar refractivity (Wildman–Crippen MR) is 79.8 cm³/mol. The average Bonchev–Trinajstić information content (AvgIpc) is 2.44. The molecule has 7 heteroatoms. The Morgan fingerprint density at radius 3 is 2.24 bits per heavy atom. The molecule has 0 heterocycles. The van der Waals surface area contributed by atoms with Crippen molar-refractivity contribution < 1.29 is 13.2 Å². The van der Waals surface area contributed by atoms with E-state index < -0.39 is 17.8 Å². The lowest BCUT2D eigenvalue weighted by molar-refractivity contribution is -0.137. The van der Waals surface area contributed by atoms with Crippen LogP contribution < -0.4 is 11.3 Å². The summed E-state index contributed by atoms with van der Waals surface area (Å²) in [7, 11) is 0. The molecule has 0 saturated heterocycles. The monoisotopic (exact) mass is 378 g/mol. The maximum absolute atomic E-state index is 12.6. The van der Waals surface area contributed by atoms with Gasteiger partial charge in [-0.15, -0.1) is 0 Å². The van der Waals surface area contributed by atoms with E-state index in [1.54, 1.807) is 18.2 Å². The Hall–Kier alpha value is -1.08. The van der Waals surface area contributed by atoms with E-state index >= 15 is 0 Å². The van der Waals surface area contributed by atoms with Crippen LogP contribution in [-0.4, -0.2) is 0 Å². The molecule has 2 aromatic carbocycles. The maximum atomic E-state index is 12.6. The van der Waals surface area contributed by atoms with Gasteiger partial charge in [0.1, 0.15) is 0 Å². The van der Waals surface area contributed by atoms with Crippen LogP contribution in [0.2, 0.25) is 5.02 Å². The second-order valence-electron chi connectivity index (χ2n) is 4.36. The van der Waals surface area contributed by atoms with E-state index in [4.69, 9.17) is 17.4 Å².